The van der Waals surface area contributed by atoms with Gasteiger partial charge in [0.15, 0.2) is 8.32 Å². The van der Waals surface area contributed by atoms with Gasteiger partial charge in [-0.2, -0.15) is 0 Å². The van der Waals surface area contributed by atoms with Gasteiger partial charge in [0.25, 0.3) is 0 Å². The van der Waals surface area contributed by atoms with Gasteiger partial charge in [-0.3, -0.25) is 0 Å². The summed E-state index contributed by atoms with van der Waals surface area (Å²) >= 11 is 0. The number of hydrogen-bond acceptors (Lipinski definition) is 1. The van der Waals surface area contributed by atoms with Gasteiger partial charge in [-0.25, -0.2) is 0 Å². The predicted molar refractivity (Wildman–Crippen MR) is 142 cm³/mol. The summed E-state index contributed by atoms with van der Waals surface area (Å²) in [7, 11) is -3.36. The maximum atomic E-state index is 6.50. The van der Waals surface area contributed by atoms with Crippen molar-refractivity contribution in [1.29, 1.82) is 0 Å². The predicted octanol–water partition coefficient (Wildman–Crippen LogP) is 6.64. The Morgan fingerprint density at radius 3 is 1.48 bits per heavy atom. The lowest BCUT2D eigenvalue weighted by Crippen LogP contribution is -2.37. The highest BCUT2D eigenvalue weighted by Crippen LogP contribution is 2.57. The maximum absolute atomic E-state index is 6.50. The minimum absolute atomic E-state index is 0.556. The summed E-state index contributed by atoms with van der Waals surface area (Å²) in [4.78, 5) is 0. The average molecular weight is 450 g/mol. The third-order valence-corrected chi connectivity index (χ3v) is 11.5. The van der Waals surface area contributed by atoms with Crippen molar-refractivity contribution in [3.63, 3.8) is 0 Å². The molecule has 0 aliphatic heterocycles. The van der Waals surface area contributed by atoms with E-state index in [0.29, 0.717) is 5.92 Å². The van der Waals surface area contributed by atoms with Crippen LogP contribution in [-0.2, 0) is 4.43 Å². The molecule has 0 bridgehead atoms. The lowest BCUT2D eigenvalue weighted by Gasteiger charge is -2.32. The maximum Gasteiger partial charge on any atom is 0.183 e. The molecule has 0 radical (unpaired) electrons. The van der Waals surface area contributed by atoms with E-state index in [1.165, 1.54) is 35.2 Å². The highest BCUT2D eigenvalue weighted by molar-refractivity contribution is 7.95. The third-order valence-electron chi connectivity index (χ3n) is 5.84. The van der Waals surface area contributed by atoms with E-state index in [4.69, 9.17) is 4.43 Å². The third kappa shape index (κ3) is 6.39. The molecule has 3 rings (SSSR count). The molecule has 0 fully saturated rings. The van der Waals surface area contributed by atoms with Crippen LogP contribution in [0.25, 0.3) is 0 Å². The first kappa shape index (κ1) is 23.9. The van der Waals surface area contributed by atoms with Crippen LogP contribution in [0.15, 0.2) is 91.0 Å². The fraction of sp³-hybridized carbons (Fsp3) is 0.357. The van der Waals surface area contributed by atoms with E-state index in [0.717, 1.165) is 12.8 Å². The molecule has 0 saturated carbocycles. The van der Waals surface area contributed by atoms with Crippen molar-refractivity contribution in [3.8, 4) is 0 Å². The second-order valence-corrected chi connectivity index (χ2v) is 17.5. The van der Waals surface area contributed by atoms with Crippen molar-refractivity contribution >= 4 is 31.5 Å². The molecule has 0 spiro atoms. The first-order valence-electron chi connectivity index (χ1n) is 11.6. The van der Waals surface area contributed by atoms with E-state index in [2.05, 4.69) is 118 Å². The van der Waals surface area contributed by atoms with E-state index in [9.17, 15) is 0 Å². The van der Waals surface area contributed by atoms with Crippen LogP contribution in [0, 0.1) is 5.92 Å². The van der Waals surface area contributed by atoms with Crippen LogP contribution < -0.4 is 15.9 Å². The van der Waals surface area contributed by atoms with Crippen LogP contribution >= 0.6 is 7.26 Å². The molecule has 0 N–H and O–H groups in total. The van der Waals surface area contributed by atoms with Crippen LogP contribution in [-0.4, -0.2) is 21.1 Å². The fourth-order valence-corrected chi connectivity index (χ4v) is 9.65. The van der Waals surface area contributed by atoms with Gasteiger partial charge in [0, 0.05) is 12.5 Å². The molecule has 1 nitrogen and oxygen atoms in total. The minimum atomic E-state index is -1.80. The van der Waals surface area contributed by atoms with Gasteiger partial charge in [0.1, 0.15) is 23.2 Å². The molecule has 0 amide bonds. The van der Waals surface area contributed by atoms with Gasteiger partial charge in [0.2, 0.25) is 0 Å². The molecule has 0 aromatic heterocycles. The van der Waals surface area contributed by atoms with Gasteiger partial charge in [-0.15, -0.1) is 0 Å². The van der Waals surface area contributed by atoms with E-state index < -0.39 is 15.6 Å². The van der Waals surface area contributed by atoms with E-state index >= 15 is 0 Å². The summed E-state index contributed by atoms with van der Waals surface area (Å²) in [6.45, 7) is 10.1. The topological polar surface area (TPSA) is 9.23 Å². The lowest BCUT2D eigenvalue weighted by atomic mass is 10.1. The van der Waals surface area contributed by atoms with Crippen molar-refractivity contribution in [2.75, 3.05) is 12.8 Å². The van der Waals surface area contributed by atoms with Gasteiger partial charge in [-0.05, 0) is 62.5 Å². The number of unbranched alkanes of at least 4 members (excludes halogenated alkanes) is 1. The first-order valence-corrected chi connectivity index (χ1v) is 17.0. The Morgan fingerprint density at radius 2 is 1.13 bits per heavy atom. The van der Waals surface area contributed by atoms with Crippen molar-refractivity contribution in [2.24, 2.45) is 5.92 Å². The highest BCUT2D eigenvalue weighted by atomic mass is 31.2. The molecule has 164 valence electrons. The Labute approximate surface area is 191 Å². The summed E-state index contributed by atoms with van der Waals surface area (Å²) in [6.07, 6.45) is 4.89. The lowest BCUT2D eigenvalue weighted by molar-refractivity contribution is 0.246. The molecule has 0 heterocycles. The van der Waals surface area contributed by atoms with Crippen LogP contribution in [0.1, 0.15) is 26.2 Å². The Hall–Kier alpha value is -1.73. The van der Waals surface area contributed by atoms with Gasteiger partial charge < -0.3 is 4.43 Å². The summed E-state index contributed by atoms with van der Waals surface area (Å²) in [6, 6.07) is 33.7. The summed E-state index contributed by atoms with van der Waals surface area (Å²) in [5, 5.41) is 4.42. The van der Waals surface area contributed by atoms with Gasteiger partial charge in [0.05, 0.1) is 6.16 Å². The summed E-state index contributed by atoms with van der Waals surface area (Å²) in [5.41, 5.74) is 0. The number of benzene rings is 3. The molecule has 0 aliphatic carbocycles. The van der Waals surface area contributed by atoms with Gasteiger partial charge >= 0.3 is 0 Å². The summed E-state index contributed by atoms with van der Waals surface area (Å²) in [5.74, 6) is 0.556. The zero-order chi connectivity index (χ0) is 22.2. The monoisotopic (exact) mass is 449 g/mol. The van der Waals surface area contributed by atoms with Crippen LogP contribution in [0.4, 0.5) is 0 Å². The normalized spacial score (nSPS) is 13.2. The summed E-state index contributed by atoms with van der Waals surface area (Å²) < 4.78 is 6.50. The zero-order valence-corrected chi connectivity index (χ0v) is 21.5. The molecule has 3 aromatic carbocycles. The molecular formula is C28H38OPSi+. The number of hydrogen-bond donors (Lipinski definition) is 0. The van der Waals surface area contributed by atoms with E-state index in [-0.39, 0.29) is 0 Å². The number of rotatable bonds is 11. The zero-order valence-electron chi connectivity index (χ0n) is 19.6. The van der Waals surface area contributed by atoms with E-state index in [1.807, 2.05) is 0 Å². The van der Waals surface area contributed by atoms with Crippen molar-refractivity contribution in [1.82, 2.24) is 0 Å². The minimum Gasteiger partial charge on any atom is -0.417 e. The van der Waals surface area contributed by atoms with Crippen molar-refractivity contribution < 1.29 is 4.43 Å². The fourth-order valence-electron chi connectivity index (χ4n) is 4.29. The Kier molecular flexibility index (Phi) is 8.66. The molecule has 0 unspecified atom stereocenters. The molecule has 3 aromatic rings. The highest BCUT2D eigenvalue weighted by Gasteiger charge is 2.46. The molecule has 3 heteroatoms. The molecule has 0 aliphatic rings. The Balaban J connectivity index is 2.13. The van der Waals surface area contributed by atoms with Crippen molar-refractivity contribution in [3.05, 3.63) is 91.0 Å². The molecule has 1 atom stereocenters. The SMILES string of the molecule is CCCC[C@H](CO[Si](C)(C)C)C[P+](c1ccccc1)(c1ccccc1)c1ccccc1. The Bertz CT molecular complexity index is 794. The van der Waals surface area contributed by atoms with Crippen LogP contribution in [0.2, 0.25) is 19.6 Å². The smallest absolute Gasteiger partial charge is 0.183 e. The quantitative estimate of drug-likeness (QED) is 0.236. The molecule has 0 saturated heterocycles. The Morgan fingerprint density at radius 1 is 0.710 bits per heavy atom. The molecule has 31 heavy (non-hydrogen) atoms. The van der Waals surface area contributed by atoms with E-state index in [1.54, 1.807) is 0 Å². The van der Waals surface area contributed by atoms with Crippen LogP contribution in [0.3, 0.4) is 0 Å². The molecular weight excluding hydrogens is 411 g/mol. The average Bonchev–Trinajstić information content (AvgIpc) is 2.80. The van der Waals surface area contributed by atoms with Crippen LogP contribution in [0.5, 0.6) is 0 Å². The standard InChI is InChI=1S/C28H38OPSi/c1-5-6-16-25(23-29-31(2,3)4)24-30(26-17-10-7-11-18-26,27-19-12-8-13-20-27)28-21-14-9-15-22-28/h7-15,17-22,25H,5-6,16,23-24H2,1-4H3/q+1/t25-/m1/s1. The van der Waals surface area contributed by atoms with Gasteiger partial charge in [-0.1, -0.05) is 74.4 Å². The second kappa shape index (κ2) is 11.2. The van der Waals surface area contributed by atoms with Crippen molar-refractivity contribution in [2.45, 2.75) is 45.8 Å². The largest absolute Gasteiger partial charge is 0.417 e. The second-order valence-electron chi connectivity index (χ2n) is 9.43. The first-order chi connectivity index (χ1) is 15.0.